The minimum atomic E-state index is -0.872. The fraction of sp³-hybridized carbons (Fsp3) is 0.462. The van der Waals surface area contributed by atoms with E-state index in [0.717, 1.165) is 12.1 Å². The van der Waals surface area contributed by atoms with E-state index in [1.807, 2.05) is 6.92 Å². The molecule has 0 aliphatic rings. The molecule has 2 atom stereocenters. The summed E-state index contributed by atoms with van der Waals surface area (Å²) in [6.07, 6.45) is 2.29. The molecule has 1 N–H and O–H groups in total. The molecule has 1 rings (SSSR count). The smallest absolute Gasteiger partial charge is 0.131 e. The number of rotatable bonds is 6. The molecule has 0 aliphatic carbocycles. The maximum absolute atomic E-state index is 13.6. The van der Waals surface area contributed by atoms with Crippen molar-refractivity contribution in [3.05, 3.63) is 34.9 Å². The van der Waals surface area contributed by atoms with Crippen LogP contribution in [0.4, 0.5) is 8.78 Å². The lowest BCUT2D eigenvalue weighted by Crippen LogP contribution is -2.27. The summed E-state index contributed by atoms with van der Waals surface area (Å²) in [5.41, 5.74) is -0.114. The van der Waals surface area contributed by atoms with E-state index >= 15 is 0 Å². The summed E-state index contributed by atoms with van der Waals surface area (Å²) in [5, 5.41) is 11.6. The van der Waals surface area contributed by atoms with Crippen LogP contribution < -0.4 is 5.32 Å². The van der Waals surface area contributed by atoms with Gasteiger partial charge in [0.1, 0.15) is 11.6 Å². The Hall–Kier alpha value is -1.32. The van der Waals surface area contributed by atoms with Crippen molar-refractivity contribution in [2.24, 2.45) is 0 Å². The summed E-state index contributed by atoms with van der Waals surface area (Å²) in [5.74, 6) is -0.905. The molecular weight excluding hydrogens is 270 g/mol. The Bertz CT molecular complexity index is 491. The fourth-order valence-electron chi connectivity index (χ4n) is 1.56. The molecule has 104 valence electrons. The number of halogens is 2. The van der Waals surface area contributed by atoms with Crippen LogP contribution in [0.2, 0.25) is 0 Å². The molecule has 0 saturated carbocycles. The van der Waals surface area contributed by atoms with Gasteiger partial charge in [-0.25, -0.2) is 8.78 Å². The van der Waals surface area contributed by atoms with Gasteiger partial charge in [-0.2, -0.15) is 5.26 Å². The Labute approximate surface area is 114 Å². The van der Waals surface area contributed by atoms with Gasteiger partial charge in [0.15, 0.2) is 0 Å². The van der Waals surface area contributed by atoms with E-state index in [9.17, 15) is 13.0 Å². The van der Waals surface area contributed by atoms with E-state index in [1.165, 1.54) is 0 Å². The lowest BCUT2D eigenvalue weighted by molar-refractivity contribution is 0.493. The summed E-state index contributed by atoms with van der Waals surface area (Å²) in [6.45, 7) is 1.91. The van der Waals surface area contributed by atoms with Gasteiger partial charge >= 0.3 is 0 Å². The number of hydrogen-bond donors (Lipinski definition) is 1. The van der Waals surface area contributed by atoms with Crippen LogP contribution in [-0.2, 0) is 17.3 Å². The first kappa shape index (κ1) is 15.7. The summed E-state index contributed by atoms with van der Waals surface area (Å²) < 4.78 is 38.1. The van der Waals surface area contributed by atoms with Gasteiger partial charge in [0.2, 0.25) is 0 Å². The SMILES string of the molecule is CC(CCS(C)=O)NCc1c(F)cc(C#N)cc1F. The molecule has 0 heterocycles. The zero-order valence-corrected chi connectivity index (χ0v) is 11.7. The quantitative estimate of drug-likeness (QED) is 0.871. The third-order valence-electron chi connectivity index (χ3n) is 2.74. The lowest BCUT2D eigenvalue weighted by atomic mass is 10.1. The van der Waals surface area contributed by atoms with E-state index < -0.39 is 22.4 Å². The van der Waals surface area contributed by atoms with E-state index in [2.05, 4.69) is 5.32 Å². The molecule has 3 nitrogen and oxygen atoms in total. The highest BCUT2D eigenvalue weighted by Crippen LogP contribution is 2.15. The largest absolute Gasteiger partial charge is 0.310 e. The van der Waals surface area contributed by atoms with Crippen LogP contribution in [0.15, 0.2) is 12.1 Å². The number of nitrogens with zero attached hydrogens (tertiary/aromatic N) is 1. The number of benzene rings is 1. The van der Waals surface area contributed by atoms with Crippen molar-refractivity contribution in [3.63, 3.8) is 0 Å². The molecule has 0 saturated heterocycles. The highest BCUT2D eigenvalue weighted by molar-refractivity contribution is 7.84. The van der Waals surface area contributed by atoms with Crippen molar-refractivity contribution in [3.8, 4) is 6.07 Å². The van der Waals surface area contributed by atoms with Crippen LogP contribution >= 0.6 is 0 Å². The second kappa shape index (κ2) is 7.31. The lowest BCUT2D eigenvalue weighted by Gasteiger charge is -2.14. The average Bonchev–Trinajstić information content (AvgIpc) is 2.34. The normalized spacial score (nSPS) is 13.8. The van der Waals surface area contributed by atoms with Crippen LogP contribution in [-0.4, -0.2) is 22.3 Å². The summed E-state index contributed by atoms with van der Waals surface area (Å²) in [6, 6.07) is 3.75. The third kappa shape index (κ3) is 5.05. The van der Waals surface area contributed by atoms with Crippen LogP contribution in [0.25, 0.3) is 0 Å². The van der Waals surface area contributed by atoms with Crippen LogP contribution in [0.3, 0.4) is 0 Å². The van der Waals surface area contributed by atoms with Crippen LogP contribution in [0.5, 0.6) is 0 Å². The van der Waals surface area contributed by atoms with Crippen molar-refractivity contribution < 1.29 is 13.0 Å². The first-order chi connectivity index (χ1) is 8.93. The fourth-order valence-corrected chi connectivity index (χ4v) is 2.24. The van der Waals surface area contributed by atoms with E-state index in [-0.39, 0.29) is 23.7 Å². The Morgan fingerprint density at radius 2 is 2.00 bits per heavy atom. The van der Waals surface area contributed by atoms with Gasteiger partial charge in [0.25, 0.3) is 0 Å². The van der Waals surface area contributed by atoms with E-state index in [0.29, 0.717) is 12.2 Å². The Morgan fingerprint density at radius 3 is 2.47 bits per heavy atom. The van der Waals surface area contributed by atoms with Gasteiger partial charge in [-0.3, -0.25) is 4.21 Å². The first-order valence-electron chi connectivity index (χ1n) is 5.85. The molecule has 0 radical (unpaired) electrons. The zero-order chi connectivity index (χ0) is 14.4. The molecule has 1 aromatic carbocycles. The van der Waals surface area contributed by atoms with Gasteiger partial charge in [0, 0.05) is 41.0 Å². The van der Waals surface area contributed by atoms with Gasteiger partial charge in [0.05, 0.1) is 11.6 Å². The molecule has 0 bridgehead atoms. The minimum absolute atomic E-state index is 0.0124. The highest BCUT2D eigenvalue weighted by Gasteiger charge is 2.12. The Kier molecular flexibility index (Phi) is 6.06. The molecule has 19 heavy (non-hydrogen) atoms. The predicted molar refractivity (Wildman–Crippen MR) is 70.9 cm³/mol. The monoisotopic (exact) mass is 286 g/mol. The topological polar surface area (TPSA) is 52.9 Å². The van der Waals surface area contributed by atoms with Crippen molar-refractivity contribution in [2.75, 3.05) is 12.0 Å². The van der Waals surface area contributed by atoms with Crippen molar-refractivity contribution >= 4 is 10.8 Å². The van der Waals surface area contributed by atoms with Gasteiger partial charge in [-0.05, 0) is 25.5 Å². The van der Waals surface area contributed by atoms with Crippen LogP contribution in [0.1, 0.15) is 24.5 Å². The predicted octanol–water partition coefficient (Wildman–Crippen LogP) is 2.08. The average molecular weight is 286 g/mol. The molecule has 2 unspecified atom stereocenters. The van der Waals surface area contributed by atoms with E-state index in [1.54, 1.807) is 12.3 Å². The van der Waals surface area contributed by atoms with Crippen molar-refractivity contribution in [1.29, 1.82) is 5.26 Å². The van der Waals surface area contributed by atoms with Gasteiger partial charge in [-0.15, -0.1) is 0 Å². The molecular formula is C13H16F2N2OS. The van der Waals surface area contributed by atoms with Gasteiger partial charge in [-0.1, -0.05) is 0 Å². The second-order valence-corrected chi connectivity index (χ2v) is 5.93. The molecule has 0 spiro atoms. The Balaban J connectivity index is 2.63. The van der Waals surface area contributed by atoms with Crippen molar-refractivity contribution in [1.82, 2.24) is 5.32 Å². The molecule has 0 aliphatic heterocycles. The second-order valence-electron chi connectivity index (χ2n) is 4.38. The summed E-state index contributed by atoms with van der Waals surface area (Å²) >= 11 is 0. The molecule has 6 heteroatoms. The number of hydrogen-bond acceptors (Lipinski definition) is 3. The van der Waals surface area contributed by atoms with Gasteiger partial charge < -0.3 is 5.32 Å². The van der Waals surface area contributed by atoms with Crippen molar-refractivity contribution in [2.45, 2.75) is 25.9 Å². The van der Waals surface area contributed by atoms with Crippen LogP contribution in [0, 0.1) is 23.0 Å². The third-order valence-corrected chi connectivity index (χ3v) is 3.55. The molecule has 0 aromatic heterocycles. The molecule has 1 aromatic rings. The number of nitriles is 1. The highest BCUT2D eigenvalue weighted by atomic mass is 32.2. The first-order valence-corrected chi connectivity index (χ1v) is 7.58. The summed E-state index contributed by atoms with van der Waals surface area (Å²) in [4.78, 5) is 0. The minimum Gasteiger partial charge on any atom is -0.310 e. The van der Waals surface area contributed by atoms with E-state index in [4.69, 9.17) is 5.26 Å². The molecule has 0 amide bonds. The zero-order valence-electron chi connectivity index (χ0n) is 10.9. The Morgan fingerprint density at radius 1 is 1.42 bits per heavy atom. The maximum atomic E-state index is 13.6. The maximum Gasteiger partial charge on any atom is 0.131 e. The standard InChI is InChI=1S/C13H16F2N2OS/c1-9(3-4-19(2)18)17-8-11-12(14)5-10(7-16)6-13(11)15/h5-6,9,17H,3-4,8H2,1-2H3. The number of nitrogens with one attached hydrogen (secondary N) is 1. The molecule has 0 fully saturated rings. The summed E-state index contributed by atoms with van der Waals surface area (Å²) in [7, 11) is -0.872.